The molecule has 0 N–H and O–H groups in total. The third-order valence-corrected chi connectivity index (χ3v) is 3.71. The number of cyclic esters (lactones) is 2. The van der Waals surface area contributed by atoms with Crippen LogP contribution in [-0.4, -0.2) is 70.8 Å². The molecule has 0 spiro atoms. The molecule has 168 valence electrons. The summed E-state index contributed by atoms with van der Waals surface area (Å²) in [5.41, 5.74) is 0. The molecule has 2 fully saturated rings. The molecule has 0 aliphatic carbocycles. The standard InChI is InChI=1S/2C8H7N3O5/c2*12-8-10(3-4-15-8)9-5-6-1-2-7(16-6)11(13)14/h2*1-2,5H,3-4H2. The van der Waals surface area contributed by atoms with Crippen LogP contribution >= 0.6 is 0 Å². The number of amides is 2. The minimum Gasteiger partial charge on any atom is -0.446 e. The summed E-state index contributed by atoms with van der Waals surface area (Å²) in [6.45, 7) is 1.29. The number of furan rings is 2. The molecule has 0 radical (unpaired) electrons. The Morgan fingerprint density at radius 2 is 1.19 bits per heavy atom. The van der Waals surface area contributed by atoms with Gasteiger partial charge in [-0.15, -0.1) is 0 Å². The van der Waals surface area contributed by atoms with Gasteiger partial charge in [-0.1, -0.05) is 0 Å². The Morgan fingerprint density at radius 3 is 1.47 bits per heavy atom. The average Bonchev–Trinajstić information content (AvgIpc) is 3.54. The van der Waals surface area contributed by atoms with Gasteiger partial charge < -0.3 is 18.3 Å². The van der Waals surface area contributed by atoms with E-state index >= 15 is 0 Å². The van der Waals surface area contributed by atoms with Crippen molar-refractivity contribution < 1.29 is 37.7 Å². The monoisotopic (exact) mass is 450 g/mol. The Balaban J connectivity index is 0.000000181. The van der Waals surface area contributed by atoms with Crippen LogP contribution in [0.5, 0.6) is 0 Å². The number of hydrazone groups is 2. The molecule has 2 aromatic heterocycles. The van der Waals surface area contributed by atoms with Crippen LogP contribution in [0.25, 0.3) is 0 Å². The zero-order valence-corrected chi connectivity index (χ0v) is 16.1. The lowest BCUT2D eigenvalue weighted by atomic mass is 10.5. The number of nitro groups is 2. The van der Waals surface area contributed by atoms with Crippen molar-refractivity contribution in [2.75, 3.05) is 26.3 Å². The first-order valence-electron chi connectivity index (χ1n) is 8.78. The highest BCUT2D eigenvalue weighted by Crippen LogP contribution is 2.15. The normalized spacial score (nSPS) is 15.8. The SMILES string of the molecule is O=C1OCCN1N=Cc1ccc([N+](=O)[O-])o1.O=C1OCCN1N=Cc1ccc([N+](=O)[O-])o1. The van der Waals surface area contributed by atoms with Gasteiger partial charge in [-0.05, 0) is 12.1 Å². The van der Waals surface area contributed by atoms with Gasteiger partial charge in [0.2, 0.25) is 0 Å². The first-order chi connectivity index (χ1) is 15.3. The molecule has 32 heavy (non-hydrogen) atoms. The number of carbonyl (C=O) groups excluding carboxylic acids is 2. The van der Waals surface area contributed by atoms with Crippen LogP contribution in [0, 0.1) is 20.2 Å². The van der Waals surface area contributed by atoms with Gasteiger partial charge in [0.05, 0.1) is 37.7 Å². The Hall–Kier alpha value is -4.76. The topological polar surface area (TPSA) is 196 Å². The Labute approximate surface area is 177 Å². The van der Waals surface area contributed by atoms with E-state index in [9.17, 15) is 29.8 Å². The molecule has 0 bridgehead atoms. The van der Waals surface area contributed by atoms with E-state index in [-0.39, 0.29) is 36.5 Å². The van der Waals surface area contributed by atoms with Gasteiger partial charge >= 0.3 is 24.0 Å². The first kappa shape index (κ1) is 21.9. The van der Waals surface area contributed by atoms with Crippen molar-refractivity contribution in [3.63, 3.8) is 0 Å². The second-order valence-corrected chi connectivity index (χ2v) is 5.83. The van der Waals surface area contributed by atoms with E-state index in [0.717, 1.165) is 10.0 Å². The summed E-state index contributed by atoms with van der Waals surface area (Å²) in [6, 6.07) is 5.21. The van der Waals surface area contributed by atoms with Gasteiger partial charge in [-0.3, -0.25) is 20.2 Å². The Bertz CT molecular complexity index is 989. The van der Waals surface area contributed by atoms with Crippen LogP contribution in [0.2, 0.25) is 0 Å². The second-order valence-electron chi connectivity index (χ2n) is 5.83. The van der Waals surface area contributed by atoms with Crippen LogP contribution in [-0.2, 0) is 9.47 Å². The zero-order valence-electron chi connectivity index (χ0n) is 16.1. The molecule has 0 unspecified atom stereocenters. The quantitative estimate of drug-likeness (QED) is 0.356. The lowest BCUT2D eigenvalue weighted by Gasteiger charge is -2.01. The number of hydrogen-bond acceptors (Lipinski definition) is 12. The first-order valence-corrected chi connectivity index (χ1v) is 8.78. The van der Waals surface area contributed by atoms with Crippen molar-refractivity contribution in [1.82, 2.24) is 10.0 Å². The Kier molecular flexibility index (Phi) is 6.74. The summed E-state index contributed by atoms with van der Waals surface area (Å²) in [5, 5.41) is 30.4. The second kappa shape index (κ2) is 9.83. The molecule has 2 amide bonds. The highest BCUT2D eigenvalue weighted by atomic mass is 16.7. The minimum atomic E-state index is -0.651. The van der Waals surface area contributed by atoms with Gasteiger partial charge in [0.1, 0.15) is 23.1 Å². The molecule has 2 aliphatic heterocycles. The fourth-order valence-corrected chi connectivity index (χ4v) is 2.25. The van der Waals surface area contributed by atoms with E-state index in [2.05, 4.69) is 19.7 Å². The molecule has 16 nitrogen and oxygen atoms in total. The van der Waals surface area contributed by atoms with Crippen molar-refractivity contribution in [1.29, 1.82) is 0 Å². The van der Waals surface area contributed by atoms with Crippen molar-refractivity contribution in [2.45, 2.75) is 0 Å². The largest absolute Gasteiger partial charge is 0.446 e. The molecule has 0 atom stereocenters. The van der Waals surface area contributed by atoms with Crippen LogP contribution in [0.4, 0.5) is 21.4 Å². The third-order valence-electron chi connectivity index (χ3n) is 3.71. The van der Waals surface area contributed by atoms with Gasteiger partial charge in [0, 0.05) is 0 Å². The molecule has 4 rings (SSSR count). The van der Waals surface area contributed by atoms with Crippen LogP contribution in [0.3, 0.4) is 0 Å². The van der Waals surface area contributed by atoms with E-state index in [1.54, 1.807) is 0 Å². The number of hydrogen-bond donors (Lipinski definition) is 0. The molecule has 2 saturated heterocycles. The number of carbonyl (C=O) groups is 2. The fourth-order valence-electron chi connectivity index (χ4n) is 2.25. The van der Waals surface area contributed by atoms with E-state index in [1.165, 1.54) is 36.7 Å². The van der Waals surface area contributed by atoms with Gasteiger partial charge in [0.15, 0.2) is 11.5 Å². The molecule has 16 heteroatoms. The molecule has 4 heterocycles. The predicted octanol–water partition coefficient (Wildman–Crippen LogP) is 1.95. The van der Waals surface area contributed by atoms with Crippen molar-refractivity contribution in [3.8, 4) is 0 Å². The summed E-state index contributed by atoms with van der Waals surface area (Å²) in [6.07, 6.45) is 1.36. The smallest absolute Gasteiger partial charge is 0.433 e. The Morgan fingerprint density at radius 1 is 0.781 bits per heavy atom. The predicted molar refractivity (Wildman–Crippen MR) is 102 cm³/mol. The number of rotatable bonds is 6. The summed E-state index contributed by atoms with van der Waals surface area (Å²) in [5.74, 6) is -0.339. The van der Waals surface area contributed by atoms with Crippen LogP contribution in [0.1, 0.15) is 11.5 Å². The van der Waals surface area contributed by atoms with E-state index in [1.807, 2.05) is 0 Å². The third kappa shape index (κ3) is 5.65. The summed E-state index contributed by atoms with van der Waals surface area (Å²) in [4.78, 5) is 41.2. The molecule has 2 aliphatic rings. The molecule has 0 saturated carbocycles. The van der Waals surface area contributed by atoms with Crippen molar-refractivity contribution >= 4 is 36.4 Å². The highest BCUT2D eigenvalue weighted by molar-refractivity contribution is 5.79. The maximum atomic E-state index is 11.0. The van der Waals surface area contributed by atoms with Crippen molar-refractivity contribution in [2.24, 2.45) is 10.2 Å². The lowest BCUT2D eigenvalue weighted by Crippen LogP contribution is -2.17. The maximum absolute atomic E-state index is 11.0. The van der Waals surface area contributed by atoms with Gasteiger partial charge in [0.25, 0.3) is 0 Å². The van der Waals surface area contributed by atoms with Gasteiger partial charge in [-0.25, -0.2) is 9.59 Å². The maximum Gasteiger partial charge on any atom is 0.433 e. The van der Waals surface area contributed by atoms with Crippen LogP contribution < -0.4 is 0 Å². The number of nitrogens with zero attached hydrogens (tertiary/aromatic N) is 6. The molecule has 0 aromatic carbocycles. The average molecular weight is 450 g/mol. The van der Waals surface area contributed by atoms with Gasteiger partial charge in [-0.2, -0.15) is 20.2 Å². The van der Waals surface area contributed by atoms with E-state index in [0.29, 0.717) is 13.1 Å². The molecule has 2 aromatic rings. The van der Waals surface area contributed by atoms with E-state index < -0.39 is 22.0 Å². The summed E-state index contributed by atoms with van der Waals surface area (Å²) in [7, 11) is 0. The zero-order chi connectivity index (χ0) is 23.1. The summed E-state index contributed by atoms with van der Waals surface area (Å²) >= 11 is 0. The minimum absolute atomic E-state index is 0.200. The fraction of sp³-hybridized carbons (Fsp3) is 0.250. The molecular weight excluding hydrogens is 436 g/mol. The lowest BCUT2D eigenvalue weighted by molar-refractivity contribution is -0.402. The molecular formula is C16H14N6O10. The van der Waals surface area contributed by atoms with E-state index in [4.69, 9.17) is 8.83 Å². The van der Waals surface area contributed by atoms with Crippen LogP contribution in [0.15, 0.2) is 43.3 Å². The summed E-state index contributed by atoms with van der Waals surface area (Å²) < 4.78 is 18.9. The van der Waals surface area contributed by atoms with Crippen molar-refractivity contribution in [3.05, 3.63) is 56.0 Å². The highest BCUT2D eigenvalue weighted by Gasteiger charge is 2.22. The number of ether oxygens (including phenoxy) is 2.